The number of aromatic nitrogens is 1. The van der Waals surface area contributed by atoms with Gasteiger partial charge in [0.2, 0.25) is 10.0 Å². The zero-order valence-electron chi connectivity index (χ0n) is 11.0. The molecular weight excluding hydrogens is 348 g/mol. The lowest BCUT2D eigenvalue weighted by molar-refractivity contribution is 0.0572. The number of pyridine rings is 1. The average molecular weight is 365 g/mol. The first kappa shape index (κ1) is 15.6. The molecule has 2 rings (SSSR count). The van der Waals surface area contributed by atoms with Crippen LogP contribution in [0.3, 0.4) is 0 Å². The Kier molecular flexibility index (Phi) is 4.97. The fourth-order valence-electron chi connectivity index (χ4n) is 2.18. The van der Waals surface area contributed by atoms with E-state index in [1.54, 1.807) is 7.11 Å². The third kappa shape index (κ3) is 3.12. The molecule has 1 unspecified atom stereocenters. The molecule has 3 N–H and O–H groups in total. The van der Waals surface area contributed by atoms with Gasteiger partial charge in [0.1, 0.15) is 4.90 Å². The largest absolute Gasteiger partial charge is 0.380 e. The van der Waals surface area contributed by atoms with Crippen LogP contribution in [0.2, 0.25) is 0 Å². The second-order valence-electron chi connectivity index (χ2n) is 4.51. The second-order valence-corrected chi connectivity index (χ2v) is 7.33. The van der Waals surface area contributed by atoms with E-state index in [-0.39, 0.29) is 16.8 Å². The highest BCUT2D eigenvalue weighted by atomic mass is 79.9. The van der Waals surface area contributed by atoms with Gasteiger partial charge in [-0.05, 0) is 34.8 Å². The Morgan fingerprint density at radius 3 is 3.00 bits per heavy atom. The van der Waals surface area contributed by atoms with E-state index < -0.39 is 10.0 Å². The predicted molar refractivity (Wildman–Crippen MR) is 78.5 cm³/mol. The van der Waals surface area contributed by atoms with Crippen molar-refractivity contribution >= 4 is 31.8 Å². The molecule has 0 spiro atoms. The first-order valence-corrected chi connectivity index (χ1v) is 8.37. The van der Waals surface area contributed by atoms with Gasteiger partial charge in [0.15, 0.2) is 5.82 Å². The smallest absolute Gasteiger partial charge is 0.246 e. The number of nitrogens with one attached hydrogen (secondary N) is 1. The average Bonchev–Trinajstić information content (AvgIpc) is 2.47. The van der Waals surface area contributed by atoms with Crippen molar-refractivity contribution in [3.8, 4) is 0 Å². The lowest BCUT2D eigenvalue weighted by Gasteiger charge is -2.31. The number of nitrogen functional groups attached to an aromatic ring is 1. The van der Waals surface area contributed by atoms with Gasteiger partial charge in [0.25, 0.3) is 0 Å². The van der Waals surface area contributed by atoms with E-state index in [2.05, 4.69) is 26.3 Å². The molecule has 112 valence electrons. The van der Waals surface area contributed by atoms with Crippen molar-refractivity contribution < 1.29 is 13.2 Å². The molecule has 0 aromatic carbocycles. The SMILES string of the molecule is COC1CCCN(S(=O)(=O)c2cc(Br)cnc2NN)C1. The third-order valence-corrected chi connectivity index (χ3v) is 5.56. The minimum atomic E-state index is -3.65. The van der Waals surface area contributed by atoms with Gasteiger partial charge in [0, 0.05) is 30.9 Å². The van der Waals surface area contributed by atoms with E-state index in [9.17, 15) is 8.42 Å². The molecule has 0 amide bonds. The van der Waals surface area contributed by atoms with E-state index in [1.165, 1.54) is 16.6 Å². The van der Waals surface area contributed by atoms with Gasteiger partial charge < -0.3 is 10.2 Å². The highest BCUT2D eigenvalue weighted by Gasteiger charge is 2.32. The normalized spacial score (nSPS) is 20.9. The summed E-state index contributed by atoms with van der Waals surface area (Å²) in [6, 6.07) is 1.49. The summed E-state index contributed by atoms with van der Waals surface area (Å²) in [7, 11) is -2.06. The van der Waals surface area contributed by atoms with Crippen LogP contribution in [-0.4, -0.2) is 44.0 Å². The minimum Gasteiger partial charge on any atom is -0.380 e. The Labute approximate surface area is 126 Å². The van der Waals surface area contributed by atoms with Gasteiger partial charge >= 0.3 is 0 Å². The highest BCUT2D eigenvalue weighted by molar-refractivity contribution is 9.10. The summed E-state index contributed by atoms with van der Waals surface area (Å²) in [5.74, 6) is 5.48. The van der Waals surface area contributed by atoms with Crippen molar-refractivity contribution in [3.05, 3.63) is 16.7 Å². The monoisotopic (exact) mass is 364 g/mol. The number of nitrogens with two attached hydrogens (primary N) is 1. The van der Waals surface area contributed by atoms with Crippen LogP contribution in [-0.2, 0) is 14.8 Å². The minimum absolute atomic E-state index is 0.0612. The van der Waals surface area contributed by atoms with Crippen LogP contribution >= 0.6 is 15.9 Å². The number of hydrogen-bond donors (Lipinski definition) is 2. The molecule has 1 aliphatic rings. The number of anilines is 1. The number of halogens is 1. The van der Waals surface area contributed by atoms with Crippen LogP contribution in [0, 0.1) is 0 Å². The summed E-state index contributed by atoms with van der Waals surface area (Å²) in [4.78, 5) is 4.04. The van der Waals surface area contributed by atoms with Gasteiger partial charge in [-0.2, -0.15) is 4.31 Å². The Balaban J connectivity index is 2.37. The zero-order valence-corrected chi connectivity index (χ0v) is 13.4. The summed E-state index contributed by atoms with van der Waals surface area (Å²) < 4.78 is 32.6. The topological polar surface area (TPSA) is 97.5 Å². The number of nitrogens with zero attached hydrogens (tertiary/aromatic N) is 2. The lowest BCUT2D eigenvalue weighted by Crippen LogP contribution is -2.43. The van der Waals surface area contributed by atoms with Crippen molar-refractivity contribution in [3.63, 3.8) is 0 Å². The molecule has 1 aromatic rings. The van der Waals surface area contributed by atoms with Crippen molar-refractivity contribution in [1.82, 2.24) is 9.29 Å². The van der Waals surface area contributed by atoms with Crippen molar-refractivity contribution in [2.24, 2.45) is 5.84 Å². The second kappa shape index (κ2) is 6.35. The van der Waals surface area contributed by atoms with E-state index >= 15 is 0 Å². The summed E-state index contributed by atoms with van der Waals surface area (Å²) in [5, 5.41) is 0. The molecule has 1 atom stereocenters. The maximum absolute atomic E-state index is 12.7. The molecule has 1 saturated heterocycles. The summed E-state index contributed by atoms with van der Waals surface area (Å²) in [5.41, 5.74) is 2.32. The molecule has 2 heterocycles. The van der Waals surface area contributed by atoms with Crippen LogP contribution in [0.4, 0.5) is 5.82 Å². The standard InChI is InChI=1S/C11H17BrN4O3S/c1-19-9-3-2-4-16(7-9)20(17,18)10-5-8(12)6-14-11(10)15-13/h5-6,9H,2-4,7,13H2,1H3,(H,14,15). The molecular formula is C11H17BrN4O3S. The molecule has 7 nitrogen and oxygen atoms in total. The van der Waals surface area contributed by atoms with Crippen LogP contribution in [0.25, 0.3) is 0 Å². The first-order valence-electron chi connectivity index (χ1n) is 6.14. The van der Waals surface area contributed by atoms with Crippen molar-refractivity contribution in [2.45, 2.75) is 23.8 Å². The highest BCUT2D eigenvalue weighted by Crippen LogP contribution is 2.27. The molecule has 1 fully saturated rings. The molecule has 0 saturated carbocycles. The Morgan fingerprint density at radius 1 is 1.60 bits per heavy atom. The van der Waals surface area contributed by atoms with Crippen molar-refractivity contribution in [1.29, 1.82) is 0 Å². The maximum atomic E-state index is 12.7. The Morgan fingerprint density at radius 2 is 2.35 bits per heavy atom. The summed E-state index contributed by atoms with van der Waals surface area (Å²) in [6.07, 6.45) is 3.04. The first-order chi connectivity index (χ1) is 9.48. The number of sulfonamides is 1. The third-order valence-electron chi connectivity index (χ3n) is 3.25. The van der Waals surface area contributed by atoms with E-state index in [0.717, 1.165) is 12.8 Å². The quantitative estimate of drug-likeness (QED) is 0.609. The lowest BCUT2D eigenvalue weighted by atomic mass is 10.1. The number of rotatable bonds is 4. The molecule has 1 aromatic heterocycles. The molecule has 0 bridgehead atoms. The number of piperidine rings is 1. The number of hydrazine groups is 1. The van der Waals surface area contributed by atoms with Crippen LogP contribution < -0.4 is 11.3 Å². The molecule has 0 radical (unpaired) electrons. The van der Waals surface area contributed by atoms with Gasteiger partial charge in [-0.1, -0.05) is 0 Å². The number of hydrogen-bond acceptors (Lipinski definition) is 6. The number of ether oxygens (including phenoxy) is 1. The molecule has 9 heteroatoms. The summed E-state index contributed by atoms with van der Waals surface area (Å²) in [6.45, 7) is 0.814. The molecule has 20 heavy (non-hydrogen) atoms. The van der Waals surface area contributed by atoms with Gasteiger partial charge in [0.05, 0.1) is 6.10 Å². The Hall–Kier alpha value is -0.740. The number of methoxy groups -OCH3 is 1. The van der Waals surface area contributed by atoms with Gasteiger partial charge in [-0.25, -0.2) is 19.2 Å². The summed E-state index contributed by atoms with van der Waals surface area (Å²) >= 11 is 3.23. The van der Waals surface area contributed by atoms with Gasteiger partial charge in [-0.3, -0.25) is 0 Å². The molecule has 1 aliphatic heterocycles. The van der Waals surface area contributed by atoms with E-state index in [4.69, 9.17) is 10.6 Å². The van der Waals surface area contributed by atoms with Crippen molar-refractivity contribution in [2.75, 3.05) is 25.6 Å². The van der Waals surface area contributed by atoms with Crippen LogP contribution in [0.1, 0.15) is 12.8 Å². The Bertz CT molecular complexity index is 581. The van der Waals surface area contributed by atoms with E-state index in [0.29, 0.717) is 17.6 Å². The fourth-order valence-corrected chi connectivity index (χ4v) is 4.31. The maximum Gasteiger partial charge on any atom is 0.246 e. The predicted octanol–water partition coefficient (Wildman–Crippen LogP) is 0.929. The fraction of sp³-hybridized carbons (Fsp3) is 0.545. The zero-order chi connectivity index (χ0) is 14.8. The molecule has 0 aliphatic carbocycles. The van der Waals surface area contributed by atoms with Gasteiger partial charge in [-0.15, -0.1) is 0 Å². The van der Waals surface area contributed by atoms with Crippen LogP contribution in [0.15, 0.2) is 21.6 Å². The van der Waals surface area contributed by atoms with Crippen LogP contribution in [0.5, 0.6) is 0 Å². The van der Waals surface area contributed by atoms with E-state index in [1.807, 2.05) is 0 Å².